The van der Waals surface area contributed by atoms with E-state index in [1.54, 1.807) is 18.2 Å². The van der Waals surface area contributed by atoms with E-state index in [0.29, 0.717) is 35.7 Å². The molecule has 0 aliphatic rings. The maximum Gasteiger partial charge on any atom is 0.193 e. The first-order valence-electron chi connectivity index (χ1n) is 9.99. The topological polar surface area (TPSA) is 123 Å². The predicted octanol–water partition coefficient (Wildman–Crippen LogP) is 2.79. The van der Waals surface area contributed by atoms with E-state index < -0.39 is 0 Å². The highest BCUT2D eigenvalue weighted by Crippen LogP contribution is 2.29. The van der Waals surface area contributed by atoms with Crippen molar-refractivity contribution in [2.75, 3.05) is 31.7 Å². The molecule has 0 fully saturated rings. The molecule has 0 aliphatic heterocycles. The molecule has 4 N–H and O–H groups in total. The predicted molar refractivity (Wildman–Crippen MR) is 118 cm³/mol. The van der Waals surface area contributed by atoms with Gasteiger partial charge >= 0.3 is 0 Å². The van der Waals surface area contributed by atoms with Crippen molar-refractivity contribution >= 4 is 17.4 Å². The summed E-state index contributed by atoms with van der Waals surface area (Å²) < 4.78 is 10.3. The number of hydrogen-bond acceptors (Lipinski definition) is 6. The van der Waals surface area contributed by atoms with Crippen molar-refractivity contribution in [3.05, 3.63) is 83.2 Å². The molecular weight excluding hydrogens is 396 g/mol. The molecule has 1 atom stereocenters. The number of carbonyl (C=O) groups excluding carboxylic acids is 1. The fourth-order valence-corrected chi connectivity index (χ4v) is 3.09. The van der Waals surface area contributed by atoms with Crippen molar-refractivity contribution in [2.45, 2.75) is 12.8 Å². The molecule has 8 heteroatoms. The number of benzene rings is 2. The molecule has 1 heterocycles. The molecule has 0 amide bonds. The Morgan fingerprint density at radius 3 is 2.74 bits per heavy atom. The highest BCUT2D eigenvalue weighted by atomic mass is 16.5. The molecule has 1 unspecified atom stereocenters. The van der Waals surface area contributed by atoms with Gasteiger partial charge in [0.2, 0.25) is 0 Å². The van der Waals surface area contributed by atoms with Crippen molar-refractivity contribution in [1.29, 1.82) is 0 Å². The number of hydrogen-bond donors (Lipinski definition) is 3. The molecule has 31 heavy (non-hydrogen) atoms. The number of aliphatic hydroxyl groups excluding tert-OH is 1. The molecular formula is C23H26N4O4. The van der Waals surface area contributed by atoms with Gasteiger partial charge in [-0.15, -0.1) is 0 Å². The SMILES string of the molecule is CC(c1cccc(C(=O)c2ccccc2)c1)c1nocc1NC(N)=NCCOCCO. The highest BCUT2D eigenvalue weighted by Gasteiger charge is 2.19. The Morgan fingerprint density at radius 1 is 1.19 bits per heavy atom. The lowest BCUT2D eigenvalue weighted by molar-refractivity contribution is 0.0978. The van der Waals surface area contributed by atoms with Crippen molar-refractivity contribution in [3.8, 4) is 0 Å². The molecule has 8 nitrogen and oxygen atoms in total. The minimum atomic E-state index is -0.148. The number of guanidine groups is 1. The summed E-state index contributed by atoms with van der Waals surface area (Å²) in [4.78, 5) is 17.0. The van der Waals surface area contributed by atoms with Crippen LogP contribution in [0.3, 0.4) is 0 Å². The zero-order valence-corrected chi connectivity index (χ0v) is 17.3. The minimum absolute atomic E-state index is 0.0302. The van der Waals surface area contributed by atoms with E-state index in [9.17, 15) is 4.79 Å². The summed E-state index contributed by atoms with van der Waals surface area (Å²) in [5.41, 5.74) is 9.36. The van der Waals surface area contributed by atoms with Crippen molar-refractivity contribution < 1.29 is 19.2 Å². The third-order valence-corrected chi connectivity index (χ3v) is 4.71. The van der Waals surface area contributed by atoms with E-state index >= 15 is 0 Å². The Balaban J connectivity index is 1.71. The smallest absolute Gasteiger partial charge is 0.193 e. The van der Waals surface area contributed by atoms with E-state index in [1.807, 2.05) is 43.3 Å². The lowest BCUT2D eigenvalue weighted by Gasteiger charge is -2.13. The average Bonchev–Trinajstić information content (AvgIpc) is 3.26. The number of nitrogens with one attached hydrogen (secondary N) is 1. The van der Waals surface area contributed by atoms with Crippen LogP contribution in [0.4, 0.5) is 5.69 Å². The average molecular weight is 422 g/mol. The van der Waals surface area contributed by atoms with Crippen molar-refractivity contribution in [3.63, 3.8) is 0 Å². The summed E-state index contributed by atoms with van der Waals surface area (Å²) in [7, 11) is 0. The highest BCUT2D eigenvalue weighted by molar-refractivity contribution is 6.09. The quantitative estimate of drug-likeness (QED) is 0.199. The Labute approximate surface area is 180 Å². The van der Waals surface area contributed by atoms with Crippen LogP contribution in [0.1, 0.15) is 40.0 Å². The second-order valence-electron chi connectivity index (χ2n) is 6.88. The number of nitrogens with two attached hydrogens (primary N) is 1. The van der Waals surface area contributed by atoms with Crippen molar-refractivity contribution in [2.24, 2.45) is 10.7 Å². The first kappa shape index (κ1) is 22.2. The molecule has 0 radical (unpaired) electrons. The second-order valence-corrected chi connectivity index (χ2v) is 6.88. The van der Waals surface area contributed by atoms with Gasteiger partial charge in [-0.05, 0) is 11.6 Å². The van der Waals surface area contributed by atoms with Gasteiger partial charge in [0.1, 0.15) is 17.6 Å². The van der Waals surface area contributed by atoms with Gasteiger partial charge in [-0.1, -0.05) is 60.6 Å². The fourth-order valence-electron chi connectivity index (χ4n) is 3.09. The maximum atomic E-state index is 12.8. The lowest BCUT2D eigenvalue weighted by Crippen LogP contribution is -2.24. The van der Waals surface area contributed by atoms with Crippen LogP contribution in [0.15, 0.2) is 70.4 Å². The Hall–Kier alpha value is -3.49. The largest absolute Gasteiger partial charge is 0.394 e. The number of anilines is 1. The molecule has 2 aromatic carbocycles. The van der Waals surface area contributed by atoms with Gasteiger partial charge in [0.25, 0.3) is 0 Å². The van der Waals surface area contributed by atoms with E-state index in [0.717, 1.165) is 5.56 Å². The van der Waals surface area contributed by atoms with Crippen LogP contribution in [0.2, 0.25) is 0 Å². The second kappa shape index (κ2) is 11.1. The molecule has 0 saturated heterocycles. The number of aromatic nitrogens is 1. The van der Waals surface area contributed by atoms with Gasteiger partial charge in [0, 0.05) is 17.0 Å². The number of rotatable bonds is 10. The van der Waals surface area contributed by atoms with Crippen LogP contribution in [-0.2, 0) is 4.74 Å². The molecule has 0 bridgehead atoms. The van der Waals surface area contributed by atoms with Crippen molar-refractivity contribution in [1.82, 2.24) is 5.16 Å². The van der Waals surface area contributed by atoms with Crippen LogP contribution in [0.5, 0.6) is 0 Å². The number of carbonyl (C=O) groups is 1. The molecule has 3 rings (SSSR count). The minimum Gasteiger partial charge on any atom is -0.394 e. The fraction of sp³-hybridized carbons (Fsp3) is 0.261. The molecule has 1 aromatic heterocycles. The summed E-state index contributed by atoms with van der Waals surface area (Å²) >= 11 is 0. The Morgan fingerprint density at radius 2 is 1.97 bits per heavy atom. The van der Waals surface area contributed by atoms with Crippen LogP contribution in [-0.4, -0.2) is 48.4 Å². The normalized spacial score (nSPS) is 12.5. The molecule has 0 aliphatic carbocycles. The zero-order chi connectivity index (χ0) is 22.1. The van der Waals surface area contributed by atoms with Gasteiger partial charge in [-0.3, -0.25) is 9.79 Å². The summed E-state index contributed by atoms with van der Waals surface area (Å²) in [6.45, 7) is 2.93. The Kier molecular flexibility index (Phi) is 7.91. The maximum absolute atomic E-state index is 12.8. The number of ether oxygens (including phenoxy) is 1. The first-order valence-corrected chi connectivity index (χ1v) is 9.99. The molecule has 3 aromatic rings. The summed E-state index contributed by atoms with van der Waals surface area (Å²) in [5.74, 6) is 0.0238. The number of aliphatic imine (C=N–C) groups is 1. The Bertz CT molecular complexity index is 1020. The van der Waals surface area contributed by atoms with Gasteiger partial charge in [-0.2, -0.15) is 0 Å². The van der Waals surface area contributed by atoms with E-state index in [4.69, 9.17) is 20.1 Å². The van der Waals surface area contributed by atoms with Gasteiger partial charge in [0.15, 0.2) is 11.7 Å². The van der Waals surface area contributed by atoms with Crippen LogP contribution < -0.4 is 11.1 Å². The molecule has 0 saturated carbocycles. The number of ketones is 1. The third kappa shape index (κ3) is 6.00. The van der Waals surface area contributed by atoms with Gasteiger partial charge < -0.3 is 25.4 Å². The van der Waals surface area contributed by atoms with Gasteiger partial charge in [-0.25, -0.2) is 0 Å². The van der Waals surface area contributed by atoms with E-state index in [-0.39, 0.29) is 30.9 Å². The lowest BCUT2D eigenvalue weighted by atomic mass is 9.93. The monoisotopic (exact) mass is 422 g/mol. The summed E-state index contributed by atoms with van der Waals surface area (Å²) in [6, 6.07) is 16.6. The number of nitrogens with zero attached hydrogens (tertiary/aromatic N) is 2. The van der Waals surface area contributed by atoms with E-state index in [2.05, 4.69) is 15.5 Å². The number of aliphatic hydroxyl groups is 1. The first-order chi connectivity index (χ1) is 15.1. The molecule has 0 spiro atoms. The zero-order valence-electron chi connectivity index (χ0n) is 17.3. The van der Waals surface area contributed by atoms with Crippen LogP contribution in [0.25, 0.3) is 0 Å². The molecule has 162 valence electrons. The third-order valence-electron chi connectivity index (χ3n) is 4.71. The summed E-state index contributed by atoms with van der Waals surface area (Å²) in [6.07, 6.45) is 1.47. The van der Waals surface area contributed by atoms with E-state index in [1.165, 1.54) is 6.26 Å². The van der Waals surface area contributed by atoms with Crippen LogP contribution in [0, 0.1) is 0 Å². The van der Waals surface area contributed by atoms with Gasteiger partial charge in [0.05, 0.1) is 26.4 Å². The van der Waals surface area contributed by atoms with Crippen LogP contribution >= 0.6 is 0 Å². The summed E-state index contributed by atoms with van der Waals surface area (Å²) in [5, 5.41) is 15.8. The standard InChI is InChI=1S/C23H26N4O4/c1-16(18-8-5-9-19(14-18)22(29)17-6-3-2-4-7-17)21-20(15-31-27-21)26-23(24)25-10-12-30-13-11-28/h2-9,14-16,28H,10-13H2,1H3,(H3,24,25,26).